The van der Waals surface area contributed by atoms with Crippen molar-refractivity contribution in [2.24, 2.45) is 23.7 Å². The summed E-state index contributed by atoms with van der Waals surface area (Å²) < 4.78 is 4.96. The highest BCUT2D eigenvalue weighted by Gasteiger charge is 2.61. The molecule has 3 rings (SSSR count). The molecule has 2 amide bonds. The average Bonchev–Trinajstić information content (AvgIpc) is 2.96. The molecule has 1 saturated carbocycles. The third-order valence-electron chi connectivity index (χ3n) is 3.99. The Morgan fingerprint density at radius 1 is 1.15 bits per heavy atom. The van der Waals surface area contributed by atoms with E-state index in [0.717, 1.165) is 6.42 Å². The average molecular weight is 279 g/mol. The lowest BCUT2D eigenvalue weighted by Crippen LogP contribution is -2.37. The van der Waals surface area contributed by atoms with Gasteiger partial charge in [-0.2, -0.15) is 0 Å². The molecule has 3 aliphatic rings. The van der Waals surface area contributed by atoms with Crippen molar-refractivity contribution < 1.29 is 24.0 Å². The highest BCUT2D eigenvalue weighted by molar-refractivity contribution is 6.05. The van der Waals surface area contributed by atoms with Gasteiger partial charge < -0.3 is 4.74 Å². The molecule has 0 aromatic rings. The van der Waals surface area contributed by atoms with Crippen LogP contribution in [0.3, 0.4) is 0 Å². The largest absolute Gasteiger partial charge is 0.534 e. The van der Waals surface area contributed by atoms with E-state index in [4.69, 9.17) is 9.57 Å². The minimum Gasteiger partial charge on any atom is -0.427 e. The predicted octanol–water partition coefficient (Wildman–Crippen LogP) is 1.66. The SMILES string of the molecule is CC(C)(C)OC(=O)ON1C(=O)[C@@H]2C3C=CC(C3)[C@@H]2C1=O. The summed E-state index contributed by atoms with van der Waals surface area (Å²) >= 11 is 0. The number of imide groups is 1. The number of carbonyl (C=O) groups excluding carboxylic acids is 3. The van der Waals surface area contributed by atoms with Crippen LogP contribution in [0.1, 0.15) is 27.2 Å². The van der Waals surface area contributed by atoms with Gasteiger partial charge in [0, 0.05) is 0 Å². The third kappa shape index (κ3) is 1.90. The van der Waals surface area contributed by atoms with E-state index in [-0.39, 0.29) is 23.7 Å². The summed E-state index contributed by atoms with van der Waals surface area (Å²) in [7, 11) is 0. The second-order valence-electron chi connectivity index (χ2n) is 6.53. The second kappa shape index (κ2) is 4.07. The van der Waals surface area contributed by atoms with Crippen LogP contribution in [-0.2, 0) is 19.2 Å². The number of allylic oxidation sites excluding steroid dienone is 2. The number of nitrogens with zero attached hydrogens (tertiary/aromatic N) is 1. The van der Waals surface area contributed by atoms with E-state index in [1.807, 2.05) is 12.2 Å². The monoisotopic (exact) mass is 279 g/mol. The molecule has 108 valence electrons. The van der Waals surface area contributed by atoms with Crippen molar-refractivity contribution in [2.75, 3.05) is 0 Å². The number of hydrogen-bond acceptors (Lipinski definition) is 5. The highest BCUT2D eigenvalue weighted by Crippen LogP contribution is 2.52. The van der Waals surface area contributed by atoms with Crippen molar-refractivity contribution in [3.63, 3.8) is 0 Å². The second-order valence-corrected chi connectivity index (χ2v) is 6.53. The Kier molecular flexibility index (Phi) is 2.68. The Labute approximate surface area is 116 Å². The molecule has 1 aliphatic heterocycles. The molecule has 0 aromatic heterocycles. The van der Waals surface area contributed by atoms with Crippen molar-refractivity contribution in [3.05, 3.63) is 12.2 Å². The summed E-state index contributed by atoms with van der Waals surface area (Å²) in [5.41, 5.74) is -0.737. The zero-order chi connectivity index (χ0) is 14.7. The Balaban J connectivity index is 1.72. The molecule has 0 spiro atoms. The van der Waals surface area contributed by atoms with E-state index in [9.17, 15) is 14.4 Å². The number of amides is 2. The maximum Gasteiger partial charge on any atom is 0.534 e. The Morgan fingerprint density at radius 3 is 2.10 bits per heavy atom. The first kappa shape index (κ1) is 13.1. The molecule has 0 N–H and O–H groups in total. The third-order valence-corrected chi connectivity index (χ3v) is 3.99. The quantitative estimate of drug-likeness (QED) is 0.414. The molecular formula is C14H17NO5. The van der Waals surface area contributed by atoms with E-state index in [1.54, 1.807) is 20.8 Å². The van der Waals surface area contributed by atoms with Crippen molar-refractivity contribution in [1.82, 2.24) is 5.06 Å². The Bertz CT molecular complexity index is 488. The van der Waals surface area contributed by atoms with Crippen molar-refractivity contribution in [3.8, 4) is 0 Å². The van der Waals surface area contributed by atoms with Crippen LogP contribution >= 0.6 is 0 Å². The maximum absolute atomic E-state index is 12.2. The Hall–Kier alpha value is -1.85. The summed E-state index contributed by atoms with van der Waals surface area (Å²) in [6, 6.07) is 0. The smallest absolute Gasteiger partial charge is 0.427 e. The van der Waals surface area contributed by atoms with Gasteiger partial charge in [0.25, 0.3) is 11.8 Å². The topological polar surface area (TPSA) is 72.9 Å². The van der Waals surface area contributed by atoms with Gasteiger partial charge in [-0.1, -0.05) is 17.2 Å². The van der Waals surface area contributed by atoms with Crippen LogP contribution in [0.4, 0.5) is 4.79 Å². The molecule has 6 nitrogen and oxygen atoms in total. The molecule has 2 aliphatic carbocycles. The first-order valence-corrected chi connectivity index (χ1v) is 6.75. The van der Waals surface area contributed by atoms with Crippen LogP contribution in [0.5, 0.6) is 0 Å². The molecule has 1 saturated heterocycles. The lowest BCUT2D eigenvalue weighted by atomic mass is 9.85. The zero-order valence-electron chi connectivity index (χ0n) is 11.7. The van der Waals surface area contributed by atoms with Gasteiger partial charge in [-0.3, -0.25) is 14.4 Å². The maximum atomic E-state index is 12.2. The van der Waals surface area contributed by atoms with Crippen LogP contribution in [0.15, 0.2) is 12.2 Å². The molecule has 1 heterocycles. The first-order valence-electron chi connectivity index (χ1n) is 6.75. The van der Waals surface area contributed by atoms with Crippen LogP contribution in [-0.4, -0.2) is 28.6 Å². The van der Waals surface area contributed by atoms with E-state index >= 15 is 0 Å². The van der Waals surface area contributed by atoms with Crippen LogP contribution in [0.2, 0.25) is 0 Å². The van der Waals surface area contributed by atoms with Crippen molar-refractivity contribution >= 4 is 18.0 Å². The number of ether oxygens (including phenoxy) is 1. The summed E-state index contributed by atoms with van der Waals surface area (Å²) in [5.74, 6) is -1.42. The highest BCUT2D eigenvalue weighted by atomic mass is 16.8. The molecular weight excluding hydrogens is 262 g/mol. The normalized spacial score (nSPS) is 34.6. The van der Waals surface area contributed by atoms with Gasteiger partial charge in [0.1, 0.15) is 5.60 Å². The number of carbonyl (C=O) groups is 3. The molecule has 2 unspecified atom stereocenters. The molecule has 4 atom stereocenters. The molecule has 0 aromatic carbocycles. The lowest BCUT2D eigenvalue weighted by molar-refractivity contribution is -0.183. The fraction of sp³-hybridized carbons (Fsp3) is 0.643. The summed E-state index contributed by atoms with van der Waals surface area (Å²) in [6.07, 6.45) is 3.77. The number of fused-ring (bicyclic) bond motifs is 5. The fourth-order valence-corrected chi connectivity index (χ4v) is 3.31. The summed E-state index contributed by atoms with van der Waals surface area (Å²) in [6.45, 7) is 5.04. The molecule has 2 fully saturated rings. The molecule has 0 radical (unpaired) electrons. The van der Waals surface area contributed by atoms with Gasteiger partial charge in [0.2, 0.25) is 0 Å². The van der Waals surface area contributed by atoms with E-state index in [2.05, 4.69) is 0 Å². The molecule has 20 heavy (non-hydrogen) atoms. The fourth-order valence-electron chi connectivity index (χ4n) is 3.31. The minimum absolute atomic E-state index is 0.0914. The van der Waals surface area contributed by atoms with E-state index < -0.39 is 23.6 Å². The van der Waals surface area contributed by atoms with Crippen LogP contribution in [0, 0.1) is 23.7 Å². The molecule has 2 bridgehead atoms. The first-order chi connectivity index (χ1) is 9.28. The summed E-state index contributed by atoms with van der Waals surface area (Å²) in [5, 5.41) is 0.593. The number of hydrogen-bond donors (Lipinski definition) is 0. The zero-order valence-corrected chi connectivity index (χ0v) is 11.7. The standard InChI is InChI=1S/C14H17NO5/c1-14(2,3)19-13(18)20-15-11(16)9-7-4-5-8(6-7)10(9)12(15)17/h4-5,7-10H,6H2,1-3H3/t7?,8?,9-,10+. The van der Waals surface area contributed by atoms with Crippen LogP contribution < -0.4 is 0 Å². The van der Waals surface area contributed by atoms with Gasteiger partial charge in [0.05, 0.1) is 11.8 Å². The van der Waals surface area contributed by atoms with Gasteiger partial charge in [-0.05, 0) is 39.0 Å². The lowest BCUT2D eigenvalue weighted by Gasteiger charge is -2.21. The number of hydroxylamine groups is 2. The van der Waals surface area contributed by atoms with Gasteiger partial charge in [-0.25, -0.2) is 4.79 Å². The van der Waals surface area contributed by atoms with Crippen molar-refractivity contribution in [2.45, 2.75) is 32.8 Å². The van der Waals surface area contributed by atoms with E-state index in [1.165, 1.54) is 0 Å². The predicted molar refractivity (Wildman–Crippen MR) is 66.9 cm³/mol. The van der Waals surface area contributed by atoms with E-state index in [0.29, 0.717) is 5.06 Å². The Morgan fingerprint density at radius 2 is 1.65 bits per heavy atom. The molecule has 6 heteroatoms. The van der Waals surface area contributed by atoms with Gasteiger partial charge in [-0.15, -0.1) is 0 Å². The number of rotatable bonds is 1. The van der Waals surface area contributed by atoms with Gasteiger partial charge in [0.15, 0.2) is 0 Å². The van der Waals surface area contributed by atoms with Crippen molar-refractivity contribution in [1.29, 1.82) is 0 Å². The minimum atomic E-state index is -1.03. The van der Waals surface area contributed by atoms with Crippen LogP contribution in [0.25, 0.3) is 0 Å². The van der Waals surface area contributed by atoms with Gasteiger partial charge >= 0.3 is 6.16 Å². The summed E-state index contributed by atoms with van der Waals surface area (Å²) in [4.78, 5) is 40.9.